The van der Waals surface area contributed by atoms with E-state index in [1.165, 1.54) is 0 Å². The number of hydrogen-bond donors (Lipinski definition) is 2. The second-order valence-electron chi connectivity index (χ2n) is 8.99. The molecule has 0 spiro atoms. The minimum absolute atomic E-state index is 0.106. The quantitative estimate of drug-likeness (QED) is 0.536. The van der Waals surface area contributed by atoms with Crippen LogP contribution in [0.5, 0.6) is 0 Å². The summed E-state index contributed by atoms with van der Waals surface area (Å²) in [6, 6.07) is 13.3. The molecule has 1 aliphatic heterocycles. The number of pyridine rings is 1. The molecule has 1 aliphatic rings. The molecule has 7 heteroatoms. The van der Waals surface area contributed by atoms with E-state index in [9.17, 15) is 9.90 Å². The lowest BCUT2D eigenvalue weighted by atomic mass is 9.88. The number of nitrogens with one attached hydrogen (secondary N) is 1. The van der Waals surface area contributed by atoms with Crippen molar-refractivity contribution in [3.63, 3.8) is 0 Å². The highest BCUT2D eigenvalue weighted by Crippen LogP contribution is 2.40. The lowest BCUT2D eigenvalue weighted by Gasteiger charge is -2.28. The van der Waals surface area contributed by atoms with E-state index in [2.05, 4.69) is 10.5 Å². The van der Waals surface area contributed by atoms with Crippen molar-refractivity contribution in [2.45, 2.75) is 45.3 Å². The Balaban J connectivity index is 1.99. The molecule has 1 aromatic heterocycles. The van der Waals surface area contributed by atoms with Gasteiger partial charge in [-0.25, -0.2) is 4.79 Å². The predicted molar refractivity (Wildman–Crippen MR) is 127 cm³/mol. The molecule has 0 amide bonds. The minimum Gasteiger partial charge on any atom is -0.479 e. The number of aryl methyl sites for hydroxylation is 1. The van der Waals surface area contributed by atoms with Crippen molar-refractivity contribution in [2.24, 2.45) is 5.10 Å². The third-order valence-electron chi connectivity index (χ3n) is 5.39. The Morgan fingerprint density at radius 3 is 2.53 bits per heavy atom. The number of fused-ring (bicyclic) bond motifs is 1. The number of benzene rings is 2. The first kappa shape index (κ1) is 22.2. The lowest BCUT2D eigenvalue weighted by Crippen LogP contribution is -2.28. The van der Waals surface area contributed by atoms with Gasteiger partial charge in [-0.05, 0) is 68.7 Å². The van der Waals surface area contributed by atoms with Crippen LogP contribution in [0.2, 0.25) is 5.02 Å². The van der Waals surface area contributed by atoms with Crippen LogP contribution in [-0.2, 0) is 9.53 Å². The van der Waals surface area contributed by atoms with E-state index in [0.29, 0.717) is 17.1 Å². The van der Waals surface area contributed by atoms with Gasteiger partial charge in [0.25, 0.3) is 0 Å². The van der Waals surface area contributed by atoms with Crippen LogP contribution in [0.15, 0.2) is 47.6 Å². The summed E-state index contributed by atoms with van der Waals surface area (Å²) in [7, 11) is 0. The summed E-state index contributed by atoms with van der Waals surface area (Å²) in [5.41, 5.74) is 7.14. The fraction of sp³-hybridized carbons (Fsp3) is 0.320. The monoisotopic (exact) mass is 451 g/mol. The van der Waals surface area contributed by atoms with Crippen molar-refractivity contribution in [3.8, 4) is 11.1 Å². The maximum absolute atomic E-state index is 12.3. The van der Waals surface area contributed by atoms with Crippen molar-refractivity contribution in [3.05, 3.63) is 64.3 Å². The van der Waals surface area contributed by atoms with Gasteiger partial charge in [0.05, 0.1) is 22.7 Å². The average molecular weight is 452 g/mol. The number of carboxylic acid groups (broad SMARTS) is 1. The number of aromatic nitrogens is 1. The molecule has 0 fully saturated rings. The van der Waals surface area contributed by atoms with Gasteiger partial charge < -0.3 is 15.3 Å². The molecule has 1 unspecified atom stereocenters. The van der Waals surface area contributed by atoms with Gasteiger partial charge in [0.2, 0.25) is 0 Å². The number of ether oxygens (including phenoxy) is 1. The summed E-state index contributed by atoms with van der Waals surface area (Å²) in [4.78, 5) is 17.2. The highest BCUT2D eigenvalue weighted by Gasteiger charge is 2.32. The zero-order valence-electron chi connectivity index (χ0n) is 18.5. The number of hydrazone groups is 1. The molecule has 0 radical (unpaired) electrons. The van der Waals surface area contributed by atoms with E-state index in [4.69, 9.17) is 21.3 Å². The number of aliphatic carboxylic acids is 1. The van der Waals surface area contributed by atoms with Crippen LogP contribution < -0.4 is 5.43 Å². The molecule has 2 heterocycles. The first-order valence-electron chi connectivity index (χ1n) is 10.5. The lowest BCUT2D eigenvalue weighted by molar-refractivity contribution is -0.160. The number of halogens is 1. The number of carboxylic acids is 1. The van der Waals surface area contributed by atoms with E-state index < -0.39 is 17.7 Å². The molecule has 166 valence electrons. The highest BCUT2D eigenvalue weighted by molar-refractivity contribution is 6.30. The summed E-state index contributed by atoms with van der Waals surface area (Å²) in [5.74, 6) is -0.926. The van der Waals surface area contributed by atoms with Gasteiger partial charge in [0.15, 0.2) is 6.10 Å². The third kappa shape index (κ3) is 4.47. The van der Waals surface area contributed by atoms with Crippen LogP contribution in [0.25, 0.3) is 22.0 Å². The number of carbonyl (C=O) groups is 1. The van der Waals surface area contributed by atoms with Gasteiger partial charge in [-0.2, -0.15) is 5.10 Å². The zero-order chi connectivity index (χ0) is 23.0. The van der Waals surface area contributed by atoms with Crippen molar-refractivity contribution < 1.29 is 14.6 Å². The fourth-order valence-electron chi connectivity index (χ4n) is 4.02. The molecule has 6 nitrogen and oxygen atoms in total. The first-order valence-corrected chi connectivity index (χ1v) is 10.9. The van der Waals surface area contributed by atoms with E-state index in [-0.39, 0.29) is 5.92 Å². The van der Waals surface area contributed by atoms with Crippen LogP contribution >= 0.6 is 11.6 Å². The molecule has 0 aliphatic carbocycles. The smallest absolute Gasteiger partial charge is 0.337 e. The van der Waals surface area contributed by atoms with Crippen LogP contribution in [0, 0.1) is 6.92 Å². The zero-order valence-corrected chi connectivity index (χ0v) is 19.3. The summed E-state index contributed by atoms with van der Waals surface area (Å²) in [5, 5.41) is 15.7. The topological polar surface area (TPSA) is 83.8 Å². The Hall–Kier alpha value is -2.96. The second-order valence-corrected chi connectivity index (χ2v) is 9.42. The summed E-state index contributed by atoms with van der Waals surface area (Å²) < 4.78 is 6.03. The number of rotatable bonds is 5. The number of nitrogens with zero attached hydrogens (tertiary/aromatic N) is 2. The van der Waals surface area contributed by atoms with Gasteiger partial charge in [-0.1, -0.05) is 29.8 Å². The average Bonchev–Trinajstić information content (AvgIpc) is 3.26. The Morgan fingerprint density at radius 2 is 1.94 bits per heavy atom. The molecule has 0 bridgehead atoms. The van der Waals surface area contributed by atoms with Crippen LogP contribution in [0.1, 0.15) is 49.6 Å². The summed E-state index contributed by atoms with van der Waals surface area (Å²) in [6.07, 6.45) is 0.726. The van der Waals surface area contributed by atoms with Gasteiger partial charge in [-0.15, -0.1) is 0 Å². The SMILES string of the molecule is Cc1cc2nc(C3C=NNC3)ccc2c(-c2ccc(Cl)cc2)c1[C@H](OC(C)(C)C)C(=O)O. The first-order chi connectivity index (χ1) is 15.1. The van der Waals surface area contributed by atoms with E-state index >= 15 is 0 Å². The van der Waals surface area contributed by atoms with E-state index in [0.717, 1.165) is 33.3 Å². The Labute approximate surface area is 192 Å². The van der Waals surface area contributed by atoms with Crippen molar-refractivity contribution in [1.82, 2.24) is 10.4 Å². The Kier molecular flexibility index (Phi) is 5.93. The Bertz CT molecular complexity index is 1200. The molecule has 32 heavy (non-hydrogen) atoms. The molecule has 3 aromatic rings. The Morgan fingerprint density at radius 1 is 1.22 bits per heavy atom. The predicted octanol–water partition coefficient (Wildman–Crippen LogP) is 5.48. The molecule has 0 saturated carbocycles. The minimum atomic E-state index is -1.13. The van der Waals surface area contributed by atoms with Crippen molar-refractivity contribution in [2.75, 3.05) is 6.54 Å². The van der Waals surface area contributed by atoms with Gasteiger partial charge in [0.1, 0.15) is 0 Å². The molecular weight excluding hydrogens is 426 g/mol. The standard InChI is InChI=1S/C25H26ClN3O3/c1-14-11-20-18(9-10-19(29-20)16-12-27-28-13-16)22(15-5-7-17(26)8-6-15)21(14)23(24(30)31)32-25(2,3)4/h5-12,16,23,28H,13H2,1-4H3,(H,30,31)/t16?,23-/m0/s1. The third-order valence-corrected chi connectivity index (χ3v) is 5.64. The molecule has 2 N–H and O–H groups in total. The fourth-order valence-corrected chi connectivity index (χ4v) is 4.15. The molecule has 4 rings (SSSR count). The molecule has 2 aromatic carbocycles. The molecular formula is C25H26ClN3O3. The van der Waals surface area contributed by atoms with Crippen LogP contribution in [0.3, 0.4) is 0 Å². The molecule has 2 atom stereocenters. The summed E-state index contributed by atoms with van der Waals surface area (Å²) >= 11 is 6.13. The normalized spacial score (nSPS) is 16.8. The number of hydrogen-bond acceptors (Lipinski definition) is 5. The van der Waals surface area contributed by atoms with Crippen LogP contribution in [0.4, 0.5) is 0 Å². The van der Waals surface area contributed by atoms with Crippen molar-refractivity contribution in [1.29, 1.82) is 0 Å². The largest absolute Gasteiger partial charge is 0.479 e. The second kappa shape index (κ2) is 8.52. The van der Waals surface area contributed by atoms with Gasteiger partial charge in [0, 0.05) is 28.7 Å². The maximum atomic E-state index is 12.3. The van der Waals surface area contributed by atoms with E-state index in [1.807, 2.05) is 64.2 Å². The van der Waals surface area contributed by atoms with E-state index in [1.54, 1.807) is 12.1 Å². The van der Waals surface area contributed by atoms with Gasteiger partial charge in [-0.3, -0.25) is 4.98 Å². The summed E-state index contributed by atoms with van der Waals surface area (Å²) in [6.45, 7) is 8.17. The maximum Gasteiger partial charge on any atom is 0.337 e. The van der Waals surface area contributed by atoms with Crippen LogP contribution in [-0.4, -0.2) is 34.4 Å². The molecule has 0 saturated heterocycles. The van der Waals surface area contributed by atoms with Crippen molar-refractivity contribution >= 4 is 34.7 Å². The highest BCUT2D eigenvalue weighted by atomic mass is 35.5. The van der Waals surface area contributed by atoms with Gasteiger partial charge >= 0.3 is 5.97 Å².